The predicted molar refractivity (Wildman–Crippen MR) is 48.5 cm³/mol. The van der Waals surface area contributed by atoms with Crippen LogP contribution in [0.1, 0.15) is 33.1 Å². The third-order valence-electron chi connectivity index (χ3n) is 2.89. The van der Waals surface area contributed by atoms with Gasteiger partial charge < -0.3 is 11.1 Å². The lowest BCUT2D eigenvalue weighted by Crippen LogP contribution is -2.36. The smallest absolute Gasteiger partial charge is 0.0162 e. The second-order valence-corrected chi connectivity index (χ2v) is 3.87. The molecule has 0 aliphatic heterocycles. The maximum Gasteiger partial charge on any atom is 0.0162 e. The molecule has 2 nitrogen and oxygen atoms in total. The third kappa shape index (κ3) is 2.46. The zero-order valence-corrected chi connectivity index (χ0v) is 7.69. The Hall–Kier alpha value is -0.0800. The van der Waals surface area contributed by atoms with E-state index >= 15 is 0 Å². The van der Waals surface area contributed by atoms with Crippen molar-refractivity contribution < 1.29 is 0 Å². The number of nitrogens with two attached hydrogens (primary N) is 1. The van der Waals surface area contributed by atoms with Crippen molar-refractivity contribution in [3.05, 3.63) is 0 Å². The molecule has 1 fully saturated rings. The van der Waals surface area contributed by atoms with Crippen LogP contribution in [0.25, 0.3) is 0 Å². The maximum absolute atomic E-state index is 5.50. The van der Waals surface area contributed by atoms with Crippen molar-refractivity contribution in [3.8, 4) is 0 Å². The largest absolute Gasteiger partial charge is 0.329 e. The van der Waals surface area contributed by atoms with Crippen molar-refractivity contribution in [2.24, 2.45) is 11.1 Å². The summed E-state index contributed by atoms with van der Waals surface area (Å²) in [6.45, 7) is 6.34. The zero-order chi connectivity index (χ0) is 8.32. The summed E-state index contributed by atoms with van der Waals surface area (Å²) in [7, 11) is 0. The molecule has 66 valence electrons. The Balaban J connectivity index is 2.11. The summed E-state index contributed by atoms with van der Waals surface area (Å²) in [4.78, 5) is 0. The zero-order valence-electron chi connectivity index (χ0n) is 7.69. The van der Waals surface area contributed by atoms with Gasteiger partial charge in [0.25, 0.3) is 0 Å². The van der Waals surface area contributed by atoms with Gasteiger partial charge in [0.2, 0.25) is 0 Å². The van der Waals surface area contributed by atoms with E-state index in [1.807, 2.05) is 0 Å². The molecule has 2 heteroatoms. The van der Waals surface area contributed by atoms with Crippen molar-refractivity contribution in [2.45, 2.75) is 39.2 Å². The summed E-state index contributed by atoms with van der Waals surface area (Å²) in [5.74, 6) is 0. The molecule has 3 N–H and O–H groups in total. The first-order valence-corrected chi connectivity index (χ1v) is 4.66. The summed E-state index contributed by atoms with van der Waals surface area (Å²) < 4.78 is 0. The number of hydrogen-bond donors (Lipinski definition) is 2. The van der Waals surface area contributed by atoms with E-state index in [0.29, 0.717) is 11.5 Å². The van der Waals surface area contributed by atoms with Crippen molar-refractivity contribution in [3.63, 3.8) is 0 Å². The van der Waals surface area contributed by atoms with E-state index in [1.165, 1.54) is 25.8 Å². The van der Waals surface area contributed by atoms with Gasteiger partial charge in [-0.3, -0.25) is 0 Å². The van der Waals surface area contributed by atoms with Gasteiger partial charge in [-0.05, 0) is 31.6 Å². The second-order valence-electron chi connectivity index (χ2n) is 3.87. The quantitative estimate of drug-likeness (QED) is 0.626. The summed E-state index contributed by atoms with van der Waals surface area (Å²) in [5.41, 5.74) is 6.16. The molecule has 0 aromatic rings. The summed E-state index contributed by atoms with van der Waals surface area (Å²) >= 11 is 0. The van der Waals surface area contributed by atoms with E-state index in [-0.39, 0.29) is 0 Å². The topological polar surface area (TPSA) is 38.0 Å². The first-order valence-electron chi connectivity index (χ1n) is 4.66. The van der Waals surface area contributed by atoms with Crippen LogP contribution in [-0.4, -0.2) is 19.1 Å². The first kappa shape index (κ1) is 9.01. The monoisotopic (exact) mass is 156 g/mol. The van der Waals surface area contributed by atoms with Gasteiger partial charge in [-0.25, -0.2) is 0 Å². The minimum absolute atomic E-state index is 0.485. The summed E-state index contributed by atoms with van der Waals surface area (Å²) in [6, 6.07) is 0.485. The van der Waals surface area contributed by atoms with Gasteiger partial charge in [0.1, 0.15) is 0 Å². The lowest BCUT2D eigenvalue weighted by Gasteiger charge is -2.17. The molecule has 1 unspecified atom stereocenters. The van der Waals surface area contributed by atoms with Crippen LogP contribution in [0.3, 0.4) is 0 Å². The first-order chi connectivity index (χ1) is 5.22. The van der Waals surface area contributed by atoms with Crippen LogP contribution in [0.2, 0.25) is 0 Å². The standard InChI is InChI=1S/C9H20N2/c1-3-9(4-5-9)7-11-8(2)6-10/h8,11H,3-7,10H2,1-2H3. The van der Waals surface area contributed by atoms with Gasteiger partial charge in [0, 0.05) is 19.1 Å². The Morgan fingerprint density at radius 3 is 2.55 bits per heavy atom. The van der Waals surface area contributed by atoms with Crippen LogP contribution >= 0.6 is 0 Å². The van der Waals surface area contributed by atoms with Gasteiger partial charge in [-0.15, -0.1) is 0 Å². The van der Waals surface area contributed by atoms with E-state index in [4.69, 9.17) is 5.73 Å². The third-order valence-corrected chi connectivity index (χ3v) is 2.89. The molecule has 0 aromatic heterocycles. The SMILES string of the molecule is CCC1(CNC(C)CN)CC1. The number of rotatable bonds is 5. The highest BCUT2D eigenvalue weighted by molar-refractivity contribution is 4.93. The lowest BCUT2D eigenvalue weighted by molar-refractivity contribution is 0.413. The van der Waals surface area contributed by atoms with Crippen molar-refractivity contribution in [2.75, 3.05) is 13.1 Å². The van der Waals surface area contributed by atoms with Crippen LogP contribution in [0, 0.1) is 5.41 Å². The van der Waals surface area contributed by atoms with Crippen molar-refractivity contribution in [1.82, 2.24) is 5.32 Å². The predicted octanol–water partition coefficient (Wildman–Crippen LogP) is 1.11. The fraction of sp³-hybridized carbons (Fsp3) is 1.00. The molecule has 1 aliphatic rings. The highest BCUT2D eigenvalue weighted by atomic mass is 14.9. The van der Waals surface area contributed by atoms with Gasteiger partial charge in [0.05, 0.1) is 0 Å². The molecule has 0 radical (unpaired) electrons. The molecule has 1 atom stereocenters. The second kappa shape index (κ2) is 3.55. The number of hydrogen-bond acceptors (Lipinski definition) is 2. The van der Waals surface area contributed by atoms with Gasteiger partial charge in [-0.2, -0.15) is 0 Å². The molecular weight excluding hydrogens is 136 g/mol. The highest BCUT2D eigenvalue weighted by Gasteiger charge is 2.40. The van der Waals surface area contributed by atoms with Crippen molar-refractivity contribution in [1.29, 1.82) is 0 Å². The Kier molecular flexibility index (Phi) is 2.90. The Labute approximate surface area is 69.5 Å². The normalized spacial score (nSPS) is 23.2. The number of nitrogens with one attached hydrogen (secondary N) is 1. The fourth-order valence-corrected chi connectivity index (χ4v) is 1.31. The molecule has 1 saturated carbocycles. The molecule has 0 amide bonds. The van der Waals surface area contributed by atoms with Crippen LogP contribution < -0.4 is 11.1 Å². The van der Waals surface area contributed by atoms with Gasteiger partial charge in [-0.1, -0.05) is 6.92 Å². The van der Waals surface area contributed by atoms with E-state index in [0.717, 1.165) is 6.54 Å². The highest BCUT2D eigenvalue weighted by Crippen LogP contribution is 2.47. The molecule has 1 rings (SSSR count). The van der Waals surface area contributed by atoms with Crippen LogP contribution in [0.5, 0.6) is 0 Å². The minimum Gasteiger partial charge on any atom is -0.329 e. The Morgan fingerprint density at radius 1 is 1.55 bits per heavy atom. The van der Waals surface area contributed by atoms with E-state index < -0.39 is 0 Å². The van der Waals surface area contributed by atoms with Crippen LogP contribution in [0.15, 0.2) is 0 Å². The van der Waals surface area contributed by atoms with Gasteiger partial charge in [0.15, 0.2) is 0 Å². The van der Waals surface area contributed by atoms with Crippen LogP contribution in [0.4, 0.5) is 0 Å². The molecule has 0 spiro atoms. The fourth-order valence-electron chi connectivity index (χ4n) is 1.31. The molecular formula is C9H20N2. The van der Waals surface area contributed by atoms with E-state index in [2.05, 4.69) is 19.2 Å². The molecule has 0 heterocycles. The maximum atomic E-state index is 5.50. The molecule has 0 saturated heterocycles. The molecule has 11 heavy (non-hydrogen) atoms. The average Bonchev–Trinajstić information content (AvgIpc) is 2.81. The molecule has 1 aliphatic carbocycles. The summed E-state index contributed by atoms with van der Waals surface area (Å²) in [6.07, 6.45) is 4.14. The Morgan fingerprint density at radius 2 is 2.18 bits per heavy atom. The van der Waals surface area contributed by atoms with Gasteiger partial charge >= 0.3 is 0 Å². The average molecular weight is 156 g/mol. The lowest BCUT2D eigenvalue weighted by atomic mass is 10.0. The molecule has 0 bridgehead atoms. The summed E-state index contributed by atoms with van der Waals surface area (Å²) in [5, 5.41) is 3.46. The Bertz CT molecular complexity index is 119. The van der Waals surface area contributed by atoms with Crippen molar-refractivity contribution >= 4 is 0 Å². The van der Waals surface area contributed by atoms with E-state index in [1.54, 1.807) is 0 Å². The van der Waals surface area contributed by atoms with Crippen LogP contribution in [-0.2, 0) is 0 Å². The minimum atomic E-state index is 0.485. The van der Waals surface area contributed by atoms with E-state index in [9.17, 15) is 0 Å². The molecule has 0 aromatic carbocycles.